The molecule has 0 saturated carbocycles. The first kappa shape index (κ1) is 9.91. The van der Waals surface area contributed by atoms with Crippen molar-refractivity contribution in [2.45, 2.75) is 12.8 Å². The molecule has 1 heterocycles. The van der Waals surface area contributed by atoms with Crippen LogP contribution in [0, 0.1) is 0 Å². The Bertz CT molecular complexity index is 523. The number of halogens is 1. The zero-order valence-electron chi connectivity index (χ0n) is 8.83. The van der Waals surface area contributed by atoms with E-state index in [0.29, 0.717) is 0 Å². The zero-order chi connectivity index (χ0) is 11.0. The Labute approximate surface area is 104 Å². The second-order valence-electron chi connectivity index (χ2n) is 4.07. The maximum Gasteiger partial charge on any atom is 0.0428 e. The second kappa shape index (κ2) is 3.95. The summed E-state index contributed by atoms with van der Waals surface area (Å²) in [5.74, 6) is 0. The van der Waals surface area contributed by atoms with Crippen LogP contribution in [0.5, 0.6) is 0 Å². The van der Waals surface area contributed by atoms with Crippen molar-refractivity contribution in [1.82, 2.24) is 0 Å². The summed E-state index contributed by atoms with van der Waals surface area (Å²) in [6.07, 6.45) is 8.69. The van der Waals surface area contributed by atoms with Crippen LogP contribution < -0.4 is 5.32 Å². The van der Waals surface area contributed by atoms with Crippen molar-refractivity contribution in [3.63, 3.8) is 0 Å². The number of anilines is 1. The average Bonchev–Trinajstić information content (AvgIpc) is 2.47. The third-order valence-corrected chi connectivity index (χ3v) is 3.55. The molecule has 0 saturated heterocycles. The maximum absolute atomic E-state index is 3.53. The van der Waals surface area contributed by atoms with Crippen LogP contribution in [0.4, 0.5) is 5.69 Å². The predicted octanol–water partition coefficient (Wildman–Crippen LogP) is 4.15. The van der Waals surface area contributed by atoms with E-state index in [1.54, 1.807) is 0 Å². The van der Waals surface area contributed by atoms with E-state index in [1.807, 2.05) is 0 Å². The highest BCUT2D eigenvalue weighted by Crippen LogP contribution is 2.31. The first-order valence-corrected chi connectivity index (χ1v) is 6.24. The van der Waals surface area contributed by atoms with Gasteiger partial charge in [-0.15, -0.1) is 0 Å². The molecular weight excluding hydrogens is 262 g/mol. The van der Waals surface area contributed by atoms with E-state index >= 15 is 0 Å². The summed E-state index contributed by atoms with van der Waals surface area (Å²) < 4.78 is 1.16. The van der Waals surface area contributed by atoms with Crippen LogP contribution in [0.25, 0.3) is 0 Å². The number of allylic oxidation sites excluding steroid dienone is 5. The van der Waals surface area contributed by atoms with Gasteiger partial charge in [-0.2, -0.15) is 0 Å². The zero-order valence-corrected chi connectivity index (χ0v) is 10.4. The van der Waals surface area contributed by atoms with Crippen molar-refractivity contribution in [1.29, 1.82) is 0 Å². The molecule has 0 amide bonds. The Morgan fingerprint density at radius 3 is 2.88 bits per heavy atom. The average molecular weight is 274 g/mol. The van der Waals surface area contributed by atoms with E-state index in [1.165, 1.54) is 22.5 Å². The molecule has 0 unspecified atom stereocenters. The lowest BCUT2D eigenvalue weighted by molar-refractivity contribution is 1.16. The molecule has 1 N–H and O–H groups in total. The Balaban J connectivity index is 2.06. The van der Waals surface area contributed by atoms with E-state index in [0.717, 1.165) is 17.3 Å². The molecule has 0 spiro atoms. The highest BCUT2D eigenvalue weighted by atomic mass is 79.9. The molecule has 0 fully saturated rings. The fourth-order valence-electron chi connectivity index (χ4n) is 2.12. The topological polar surface area (TPSA) is 12.0 Å². The number of hydrogen-bond donors (Lipinski definition) is 1. The number of rotatable bonds is 0. The van der Waals surface area contributed by atoms with Gasteiger partial charge in [-0.05, 0) is 36.1 Å². The lowest BCUT2D eigenvalue weighted by atomic mass is 10.0. The number of nitrogens with one attached hydrogen (secondary N) is 1. The van der Waals surface area contributed by atoms with Gasteiger partial charge in [0.15, 0.2) is 0 Å². The van der Waals surface area contributed by atoms with Crippen molar-refractivity contribution in [2.75, 3.05) is 5.32 Å². The van der Waals surface area contributed by atoms with E-state index < -0.39 is 0 Å². The van der Waals surface area contributed by atoms with Crippen molar-refractivity contribution in [3.05, 3.63) is 63.8 Å². The van der Waals surface area contributed by atoms with Crippen LogP contribution >= 0.6 is 15.9 Å². The summed E-state index contributed by atoms with van der Waals surface area (Å²) in [5, 5.41) is 3.51. The van der Waals surface area contributed by atoms with Gasteiger partial charge in [-0.25, -0.2) is 0 Å². The van der Waals surface area contributed by atoms with Gasteiger partial charge in [0.1, 0.15) is 0 Å². The molecule has 0 bridgehead atoms. The minimum Gasteiger partial charge on any atom is -0.355 e. The molecule has 0 aromatic heterocycles. The highest BCUT2D eigenvalue weighted by molar-refractivity contribution is 9.11. The van der Waals surface area contributed by atoms with Gasteiger partial charge in [-0.1, -0.05) is 46.3 Å². The maximum atomic E-state index is 3.53. The minimum atomic E-state index is 1.01. The SMILES string of the molecule is BrC1=CCC2=CCc3ccccc3NC2=C1. The second-order valence-corrected chi connectivity index (χ2v) is 4.98. The predicted molar refractivity (Wildman–Crippen MR) is 71.6 cm³/mol. The van der Waals surface area contributed by atoms with Gasteiger partial charge in [0, 0.05) is 15.9 Å². The molecule has 16 heavy (non-hydrogen) atoms. The van der Waals surface area contributed by atoms with Crippen LogP contribution in [-0.4, -0.2) is 0 Å². The van der Waals surface area contributed by atoms with Crippen LogP contribution in [-0.2, 0) is 6.42 Å². The molecule has 0 radical (unpaired) electrons. The Kier molecular flexibility index (Phi) is 2.44. The standard InChI is InChI=1S/C14H12BrN/c15-12-8-7-11-6-5-10-3-1-2-4-13(10)16-14(11)9-12/h1-4,6,8-9,16H,5,7H2. The molecule has 2 aliphatic rings. The number of hydrogen-bond acceptors (Lipinski definition) is 1. The van der Waals surface area contributed by atoms with Crippen molar-refractivity contribution >= 4 is 21.6 Å². The third-order valence-electron chi connectivity index (χ3n) is 3.00. The molecule has 80 valence electrons. The highest BCUT2D eigenvalue weighted by Gasteiger charge is 2.14. The first-order chi connectivity index (χ1) is 7.83. The molecule has 1 nitrogen and oxygen atoms in total. The number of fused-ring (bicyclic) bond motifs is 2. The van der Waals surface area contributed by atoms with Gasteiger partial charge in [-0.3, -0.25) is 0 Å². The Hall–Kier alpha value is -1.28. The number of para-hydroxylation sites is 1. The van der Waals surface area contributed by atoms with Crippen LogP contribution in [0.2, 0.25) is 0 Å². The summed E-state index contributed by atoms with van der Waals surface area (Å²) >= 11 is 3.53. The van der Waals surface area contributed by atoms with Crippen LogP contribution in [0.15, 0.2) is 58.2 Å². The van der Waals surface area contributed by atoms with Crippen molar-refractivity contribution in [2.24, 2.45) is 0 Å². The molecule has 1 aliphatic carbocycles. The molecule has 3 rings (SSSR count). The van der Waals surface area contributed by atoms with E-state index in [-0.39, 0.29) is 0 Å². The third kappa shape index (κ3) is 1.74. The fraction of sp³-hybridized carbons (Fsp3) is 0.143. The summed E-state index contributed by atoms with van der Waals surface area (Å²) in [7, 11) is 0. The van der Waals surface area contributed by atoms with Crippen LogP contribution in [0.3, 0.4) is 0 Å². The molecular formula is C14H12BrN. The quantitative estimate of drug-likeness (QED) is 0.749. The summed E-state index contributed by atoms with van der Waals surface area (Å²) in [4.78, 5) is 0. The van der Waals surface area contributed by atoms with Gasteiger partial charge in [0.05, 0.1) is 0 Å². The summed E-state index contributed by atoms with van der Waals surface area (Å²) in [5.41, 5.74) is 5.20. The Morgan fingerprint density at radius 2 is 1.94 bits per heavy atom. The van der Waals surface area contributed by atoms with Gasteiger partial charge >= 0.3 is 0 Å². The molecule has 1 aromatic rings. The van der Waals surface area contributed by atoms with Crippen molar-refractivity contribution < 1.29 is 0 Å². The normalized spacial score (nSPS) is 18.2. The monoisotopic (exact) mass is 273 g/mol. The van der Waals surface area contributed by atoms with E-state index in [4.69, 9.17) is 0 Å². The van der Waals surface area contributed by atoms with Crippen molar-refractivity contribution in [3.8, 4) is 0 Å². The first-order valence-electron chi connectivity index (χ1n) is 5.44. The van der Waals surface area contributed by atoms with Gasteiger partial charge in [0.25, 0.3) is 0 Å². The van der Waals surface area contributed by atoms with Gasteiger partial charge < -0.3 is 5.32 Å². The van der Waals surface area contributed by atoms with E-state index in [2.05, 4.69) is 63.7 Å². The molecule has 1 aliphatic heterocycles. The molecule has 0 atom stereocenters. The smallest absolute Gasteiger partial charge is 0.0428 e. The molecule has 2 heteroatoms. The lowest BCUT2D eigenvalue weighted by Gasteiger charge is -2.15. The number of benzene rings is 1. The molecule has 1 aromatic carbocycles. The largest absolute Gasteiger partial charge is 0.355 e. The van der Waals surface area contributed by atoms with Gasteiger partial charge in [0.2, 0.25) is 0 Å². The Morgan fingerprint density at radius 1 is 1.06 bits per heavy atom. The lowest BCUT2D eigenvalue weighted by Crippen LogP contribution is -2.04. The minimum absolute atomic E-state index is 1.01. The summed E-state index contributed by atoms with van der Waals surface area (Å²) in [6, 6.07) is 8.49. The fourth-order valence-corrected chi connectivity index (χ4v) is 2.51. The van der Waals surface area contributed by atoms with Crippen LogP contribution in [0.1, 0.15) is 12.0 Å². The summed E-state index contributed by atoms with van der Waals surface area (Å²) in [6.45, 7) is 0. The van der Waals surface area contributed by atoms with E-state index in [9.17, 15) is 0 Å².